The Morgan fingerprint density at radius 2 is 1.72 bits per heavy atom. The first-order valence-electron chi connectivity index (χ1n) is 6.55. The van der Waals surface area contributed by atoms with E-state index in [1.54, 1.807) is 6.33 Å². The van der Waals surface area contributed by atoms with E-state index in [-0.39, 0.29) is 13.2 Å². The van der Waals surface area contributed by atoms with Crippen LogP contribution < -0.4 is 4.90 Å². The molecule has 0 unspecified atom stereocenters. The van der Waals surface area contributed by atoms with E-state index in [9.17, 15) is 0 Å². The molecule has 1 heterocycles. The molecular formula is C13H23N3O2. The van der Waals surface area contributed by atoms with Gasteiger partial charge in [0.25, 0.3) is 0 Å². The summed E-state index contributed by atoms with van der Waals surface area (Å²) in [6, 6.07) is 1.96. The summed E-state index contributed by atoms with van der Waals surface area (Å²) in [4.78, 5) is 10.4. The van der Waals surface area contributed by atoms with E-state index in [0.29, 0.717) is 19.0 Å². The number of hydrogen-bond donors (Lipinski definition) is 2. The lowest BCUT2D eigenvalue weighted by Crippen LogP contribution is -2.30. The van der Waals surface area contributed by atoms with E-state index in [0.717, 1.165) is 24.4 Å². The maximum Gasteiger partial charge on any atom is 0.132 e. The lowest BCUT2D eigenvalue weighted by atomic mass is 9.99. The molecule has 2 N–H and O–H groups in total. The molecule has 0 bridgehead atoms. The number of aliphatic hydroxyl groups is 2. The summed E-state index contributed by atoms with van der Waals surface area (Å²) in [6.07, 6.45) is 3.66. The largest absolute Gasteiger partial charge is 0.395 e. The minimum atomic E-state index is 0.0460. The van der Waals surface area contributed by atoms with Crippen LogP contribution in [0.4, 0.5) is 5.82 Å². The van der Waals surface area contributed by atoms with Crippen molar-refractivity contribution in [3.63, 3.8) is 0 Å². The van der Waals surface area contributed by atoms with Crippen molar-refractivity contribution in [1.29, 1.82) is 0 Å². The van der Waals surface area contributed by atoms with Crippen LogP contribution in [-0.4, -0.2) is 46.5 Å². The Balaban J connectivity index is 2.90. The molecule has 0 saturated heterocycles. The smallest absolute Gasteiger partial charge is 0.132 e. The zero-order valence-corrected chi connectivity index (χ0v) is 11.2. The Kier molecular flexibility index (Phi) is 6.60. The van der Waals surface area contributed by atoms with Crippen molar-refractivity contribution < 1.29 is 10.2 Å². The molecule has 1 aromatic rings. The molecular weight excluding hydrogens is 230 g/mol. The first kappa shape index (κ1) is 14.9. The SMILES string of the molecule is CCC(CC)c1cc(N(CCO)CCO)ncn1. The van der Waals surface area contributed by atoms with Crippen LogP contribution in [0.5, 0.6) is 0 Å². The Bertz CT molecular complexity index is 337. The van der Waals surface area contributed by atoms with Crippen molar-refractivity contribution in [3.05, 3.63) is 18.1 Å². The fraction of sp³-hybridized carbons (Fsp3) is 0.692. The van der Waals surface area contributed by atoms with E-state index < -0.39 is 0 Å². The summed E-state index contributed by atoms with van der Waals surface area (Å²) in [5, 5.41) is 18.1. The van der Waals surface area contributed by atoms with Crippen LogP contribution in [0.2, 0.25) is 0 Å². The number of aliphatic hydroxyl groups excluding tert-OH is 2. The van der Waals surface area contributed by atoms with Crippen molar-refractivity contribution in [1.82, 2.24) is 9.97 Å². The van der Waals surface area contributed by atoms with Gasteiger partial charge in [0.1, 0.15) is 12.1 Å². The van der Waals surface area contributed by atoms with Gasteiger partial charge in [0.15, 0.2) is 0 Å². The van der Waals surface area contributed by atoms with E-state index >= 15 is 0 Å². The van der Waals surface area contributed by atoms with Gasteiger partial charge in [-0.1, -0.05) is 13.8 Å². The van der Waals surface area contributed by atoms with Crippen molar-refractivity contribution >= 4 is 5.82 Å². The molecule has 18 heavy (non-hydrogen) atoms. The molecule has 0 radical (unpaired) electrons. The minimum absolute atomic E-state index is 0.0460. The van der Waals surface area contributed by atoms with Gasteiger partial charge in [0, 0.05) is 30.8 Å². The maximum absolute atomic E-state index is 9.03. The average molecular weight is 253 g/mol. The number of aromatic nitrogens is 2. The Morgan fingerprint density at radius 1 is 1.11 bits per heavy atom. The van der Waals surface area contributed by atoms with Crippen LogP contribution in [0, 0.1) is 0 Å². The van der Waals surface area contributed by atoms with Gasteiger partial charge >= 0.3 is 0 Å². The molecule has 0 spiro atoms. The van der Waals surface area contributed by atoms with Crippen LogP contribution >= 0.6 is 0 Å². The number of rotatable bonds is 8. The fourth-order valence-electron chi connectivity index (χ4n) is 2.05. The zero-order valence-electron chi connectivity index (χ0n) is 11.2. The molecule has 0 fully saturated rings. The lowest BCUT2D eigenvalue weighted by molar-refractivity contribution is 0.280. The first-order chi connectivity index (χ1) is 8.76. The third-order valence-electron chi connectivity index (χ3n) is 3.14. The minimum Gasteiger partial charge on any atom is -0.395 e. The molecule has 0 atom stereocenters. The van der Waals surface area contributed by atoms with Gasteiger partial charge in [0.05, 0.1) is 13.2 Å². The standard InChI is InChI=1S/C13H23N3O2/c1-3-11(4-2)12-9-13(15-10-14-12)16(5-7-17)6-8-18/h9-11,17-18H,3-8H2,1-2H3. The van der Waals surface area contributed by atoms with Crippen LogP contribution in [0.15, 0.2) is 12.4 Å². The summed E-state index contributed by atoms with van der Waals surface area (Å²) in [6.45, 7) is 5.33. The predicted molar refractivity (Wildman–Crippen MR) is 71.7 cm³/mol. The molecule has 102 valence electrons. The summed E-state index contributed by atoms with van der Waals surface area (Å²) >= 11 is 0. The molecule has 5 heteroatoms. The third-order valence-corrected chi connectivity index (χ3v) is 3.14. The van der Waals surface area contributed by atoms with E-state index in [1.165, 1.54) is 0 Å². The van der Waals surface area contributed by atoms with Gasteiger partial charge < -0.3 is 15.1 Å². The predicted octanol–water partition coefficient (Wildman–Crippen LogP) is 1.17. The van der Waals surface area contributed by atoms with Crippen molar-refractivity contribution in [2.45, 2.75) is 32.6 Å². The van der Waals surface area contributed by atoms with Gasteiger partial charge in [-0.25, -0.2) is 9.97 Å². The molecule has 0 amide bonds. The highest BCUT2D eigenvalue weighted by atomic mass is 16.3. The zero-order chi connectivity index (χ0) is 13.4. The molecule has 0 saturated carbocycles. The van der Waals surface area contributed by atoms with Crippen molar-refractivity contribution in [3.8, 4) is 0 Å². The maximum atomic E-state index is 9.03. The second-order valence-electron chi connectivity index (χ2n) is 4.25. The van der Waals surface area contributed by atoms with Gasteiger partial charge in [0.2, 0.25) is 0 Å². The fourth-order valence-corrected chi connectivity index (χ4v) is 2.05. The quantitative estimate of drug-likeness (QED) is 0.728. The average Bonchev–Trinajstić information content (AvgIpc) is 2.40. The highest BCUT2D eigenvalue weighted by Gasteiger charge is 2.12. The van der Waals surface area contributed by atoms with Gasteiger partial charge in [-0.3, -0.25) is 0 Å². The molecule has 0 aliphatic carbocycles. The number of hydrogen-bond acceptors (Lipinski definition) is 5. The molecule has 0 aromatic carbocycles. The van der Waals surface area contributed by atoms with Crippen LogP contribution in [0.25, 0.3) is 0 Å². The highest BCUT2D eigenvalue weighted by molar-refractivity contribution is 5.39. The topological polar surface area (TPSA) is 69.5 Å². The monoisotopic (exact) mass is 253 g/mol. The van der Waals surface area contributed by atoms with Crippen LogP contribution in [0.1, 0.15) is 38.3 Å². The second-order valence-corrected chi connectivity index (χ2v) is 4.25. The van der Waals surface area contributed by atoms with Gasteiger partial charge in [-0.2, -0.15) is 0 Å². The van der Waals surface area contributed by atoms with E-state index in [4.69, 9.17) is 10.2 Å². The van der Waals surface area contributed by atoms with Crippen molar-refractivity contribution in [2.75, 3.05) is 31.2 Å². The van der Waals surface area contributed by atoms with E-state index in [1.807, 2.05) is 11.0 Å². The summed E-state index contributed by atoms with van der Waals surface area (Å²) < 4.78 is 0. The highest BCUT2D eigenvalue weighted by Crippen LogP contribution is 2.23. The Morgan fingerprint density at radius 3 is 2.22 bits per heavy atom. The number of nitrogens with zero attached hydrogens (tertiary/aromatic N) is 3. The number of anilines is 1. The van der Waals surface area contributed by atoms with Crippen LogP contribution in [0.3, 0.4) is 0 Å². The first-order valence-corrected chi connectivity index (χ1v) is 6.55. The summed E-state index contributed by atoms with van der Waals surface area (Å²) in [5.41, 5.74) is 1.03. The second kappa shape index (κ2) is 8.00. The molecule has 1 aromatic heterocycles. The summed E-state index contributed by atoms with van der Waals surface area (Å²) in [7, 11) is 0. The Labute approximate surface area is 109 Å². The molecule has 5 nitrogen and oxygen atoms in total. The lowest BCUT2D eigenvalue weighted by Gasteiger charge is -2.22. The van der Waals surface area contributed by atoms with Gasteiger partial charge in [-0.05, 0) is 12.8 Å². The Hall–Kier alpha value is -1.20. The molecule has 0 aliphatic heterocycles. The van der Waals surface area contributed by atoms with E-state index in [2.05, 4.69) is 23.8 Å². The third kappa shape index (κ3) is 3.92. The van der Waals surface area contributed by atoms with Gasteiger partial charge in [-0.15, -0.1) is 0 Å². The summed E-state index contributed by atoms with van der Waals surface area (Å²) in [5.74, 6) is 1.21. The normalized spacial score (nSPS) is 10.9. The van der Waals surface area contributed by atoms with Crippen molar-refractivity contribution in [2.24, 2.45) is 0 Å². The molecule has 0 aliphatic rings. The molecule has 1 rings (SSSR count). The van der Waals surface area contributed by atoms with Crippen LogP contribution in [-0.2, 0) is 0 Å².